The van der Waals surface area contributed by atoms with E-state index in [0.717, 1.165) is 16.8 Å². The average molecular weight is 273 g/mol. The molecule has 0 fully saturated rings. The maximum absolute atomic E-state index is 13.7. The molecule has 3 aromatic rings. The summed E-state index contributed by atoms with van der Waals surface area (Å²) in [6.07, 6.45) is 0. The van der Waals surface area contributed by atoms with Crippen LogP contribution in [0, 0.1) is 12.7 Å². The maximum Gasteiger partial charge on any atom is 0.169 e. The predicted octanol–water partition coefficient (Wildman–Crippen LogP) is 2.92. The zero-order chi connectivity index (χ0) is 14.3. The van der Waals surface area contributed by atoms with Gasteiger partial charge in [-0.05, 0) is 32.2 Å². The first-order chi connectivity index (χ1) is 9.60. The van der Waals surface area contributed by atoms with Gasteiger partial charge in [0.2, 0.25) is 0 Å². The van der Waals surface area contributed by atoms with E-state index in [1.165, 1.54) is 6.07 Å². The molecule has 3 rings (SSSR count). The van der Waals surface area contributed by atoms with Gasteiger partial charge < -0.3 is 9.73 Å². The van der Waals surface area contributed by atoms with Crippen LogP contribution in [0.25, 0.3) is 11.0 Å². The number of halogens is 1. The molecule has 0 saturated heterocycles. The number of benzene rings is 1. The maximum atomic E-state index is 13.7. The molecular weight excluding hydrogens is 257 g/mol. The van der Waals surface area contributed by atoms with Gasteiger partial charge in [-0.15, -0.1) is 0 Å². The van der Waals surface area contributed by atoms with Crippen LogP contribution < -0.4 is 5.32 Å². The van der Waals surface area contributed by atoms with E-state index in [1.807, 2.05) is 39.2 Å². The first-order valence-electron chi connectivity index (χ1n) is 6.46. The standard InChI is InChI=1S/C15H16FN3O/c1-9-7-12(19(3)18-9)14(17-2)13-8-10-5-4-6-11(16)15(10)20-13/h4-8,14,17H,1-3H3. The Kier molecular flexibility index (Phi) is 3.06. The van der Waals surface area contributed by atoms with Crippen molar-refractivity contribution in [3.8, 4) is 0 Å². The van der Waals surface area contributed by atoms with Crippen LogP contribution in [0.15, 0.2) is 34.7 Å². The molecule has 1 atom stereocenters. The first-order valence-corrected chi connectivity index (χ1v) is 6.46. The van der Waals surface area contributed by atoms with Crippen LogP contribution in [-0.4, -0.2) is 16.8 Å². The molecule has 1 aromatic carbocycles. The van der Waals surface area contributed by atoms with E-state index in [9.17, 15) is 4.39 Å². The third-order valence-corrected chi connectivity index (χ3v) is 3.42. The highest BCUT2D eigenvalue weighted by Crippen LogP contribution is 2.29. The summed E-state index contributed by atoms with van der Waals surface area (Å²) in [7, 11) is 3.73. The highest BCUT2D eigenvalue weighted by molar-refractivity contribution is 5.78. The Hall–Kier alpha value is -2.14. The second-order valence-electron chi connectivity index (χ2n) is 4.86. The van der Waals surface area contributed by atoms with Gasteiger partial charge in [0.15, 0.2) is 11.4 Å². The molecule has 0 saturated carbocycles. The van der Waals surface area contributed by atoms with Crippen LogP contribution in [0.1, 0.15) is 23.2 Å². The summed E-state index contributed by atoms with van der Waals surface area (Å²) in [4.78, 5) is 0. The van der Waals surface area contributed by atoms with Crippen LogP contribution in [-0.2, 0) is 7.05 Å². The number of aromatic nitrogens is 2. The number of furan rings is 1. The summed E-state index contributed by atoms with van der Waals surface area (Å²) in [5.74, 6) is 0.334. The normalized spacial score (nSPS) is 13.0. The second-order valence-corrected chi connectivity index (χ2v) is 4.86. The molecule has 0 radical (unpaired) electrons. The third-order valence-electron chi connectivity index (χ3n) is 3.42. The summed E-state index contributed by atoms with van der Waals surface area (Å²) in [5, 5.41) is 8.29. The second kappa shape index (κ2) is 4.76. The van der Waals surface area contributed by atoms with Crippen molar-refractivity contribution < 1.29 is 8.81 Å². The van der Waals surface area contributed by atoms with E-state index in [1.54, 1.807) is 10.7 Å². The topological polar surface area (TPSA) is 43.0 Å². The Morgan fingerprint density at radius 1 is 1.35 bits per heavy atom. The predicted molar refractivity (Wildman–Crippen MR) is 75.0 cm³/mol. The van der Waals surface area contributed by atoms with E-state index >= 15 is 0 Å². The van der Waals surface area contributed by atoms with Crippen LogP contribution in [0.3, 0.4) is 0 Å². The van der Waals surface area contributed by atoms with Crippen molar-refractivity contribution in [2.45, 2.75) is 13.0 Å². The van der Waals surface area contributed by atoms with Crippen molar-refractivity contribution in [3.63, 3.8) is 0 Å². The Labute approximate surface area is 116 Å². The number of para-hydroxylation sites is 1. The van der Waals surface area contributed by atoms with E-state index in [-0.39, 0.29) is 11.9 Å². The van der Waals surface area contributed by atoms with Crippen molar-refractivity contribution in [3.05, 3.63) is 53.3 Å². The van der Waals surface area contributed by atoms with Crippen molar-refractivity contribution in [1.82, 2.24) is 15.1 Å². The Morgan fingerprint density at radius 3 is 2.75 bits per heavy atom. The molecule has 1 N–H and O–H groups in total. The average Bonchev–Trinajstić information content (AvgIpc) is 2.96. The minimum atomic E-state index is -0.343. The Bertz CT molecular complexity index is 760. The molecule has 0 bridgehead atoms. The van der Waals surface area contributed by atoms with Crippen molar-refractivity contribution in [1.29, 1.82) is 0 Å². The van der Waals surface area contributed by atoms with E-state index in [0.29, 0.717) is 11.3 Å². The lowest BCUT2D eigenvalue weighted by Gasteiger charge is -2.13. The molecule has 0 spiro atoms. The zero-order valence-electron chi connectivity index (χ0n) is 11.6. The van der Waals surface area contributed by atoms with E-state index < -0.39 is 0 Å². The fourth-order valence-corrected chi connectivity index (χ4v) is 2.53. The molecule has 5 heteroatoms. The van der Waals surface area contributed by atoms with Crippen LogP contribution >= 0.6 is 0 Å². The summed E-state index contributed by atoms with van der Waals surface area (Å²) in [5.41, 5.74) is 2.20. The van der Waals surface area contributed by atoms with E-state index in [4.69, 9.17) is 4.42 Å². The Balaban J connectivity index is 2.12. The molecule has 2 aromatic heterocycles. The highest BCUT2D eigenvalue weighted by Gasteiger charge is 2.21. The lowest BCUT2D eigenvalue weighted by Crippen LogP contribution is -2.20. The molecule has 0 amide bonds. The summed E-state index contributed by atoms with van der Waals surface area (Å²) < 4.78 is 21.2. The largest absolute Gasteiger partial charge is 0.456 e. The molecule has 0 aliphatic heterocycles. The van der Waals surface area contributed by atoms with Crippen molar-refractivity contribution in [2.24, 2.45) is 7.05 Å². The zero-order valence-corrected chi connectivity index (χ0v) is 11.6. The molecule has 0 aliphatic rings. The number of nitrogens with one attached hydrogen (secondary N) is 1. The van der Waals surface area contributed by atoms with Gasteiger partial charge in [-0.25, -0.2) is 4.39 Å². The number of rotatable bonds is 3. The summed E-state index contributed by atoms with van der Waals surface area (Å²) in [6, 6.07) is 8.62. The van der Waals surface area contributed by atoms with Gasteiger partial charge >= 0.3 is 0 Å². The van der Waals surface area contributed by atoms with Gasteiger partial charge in [-0.2, -0.15) is 5.10 Å². The van der Waals surface area contributed by atoms with Gasteiger partial charge in [-0.1, -0.05) is 12.1 Å². The quantitative estimate of drug-likeness (QED) is 0.798. The number of hydrogen-bond acceptors (Lipinski definition) is 3. The minimum Gasteiger partial charge on any atom is -0.456 e. The van der Waals surface area contributed by atoms with Crippen LogP contribution in [0.2, 0.25) is 0 Å². The fourth-order valence-electron chi connectivity index (χ4n) is 2.53. The lowest BCUT2D eigenvalue weighted by molar-refractivity contribution is 0.462. The van der Waals surface area contributed by atoms with Crippen LogP contribution in [0.4, 0.5) is 4.39 Å². The van der Waals surface area contributed by atoms with Crippen molar-refractivity contribution in [2.75, 3.05) is 7.05 Å². The number of fused-ring (bicyclic) bond motifs is 1. The minimum absolute atomic E-state index is 0.159. The van der Waals surface area contributed by atoms with Gasteiger partial charge in [-0.3, -0.25) is 4.68 Å². The third kappa shape index (κ3) is 2.00. The molecule has 4 nitrogen and oxygen atoms in total. The number of aryl methyl sites for hydroxylation is 2. The Morgan fingerprint density at radius 2 is 2.15 bits per heavy atom. The number of hydrogen-bond donors (Lipinski definition) is 1. The molecule has 20 heavy (non-hydrogen) atoms. The summed E-state index contributed by atoms with van der Waals surface area (Å²) in [6.45, 7) is 1.94. The molecule has 104 valence electrons. The monoisotopic (exact) mass is 273 g/mol. The number of nitrogens with zero attached hydrogens (tertiary/aromatic N) is 2. The van der Waals surface area contributed by atoms with Gasteiger partial charge in [0.1, 0.15) is 11.8 Å². The van der Waals surface area contributed by atoms with Gasteiger partial charge in [0.05, 0.1) is 11.4 Å². The SMILES string of the molecule is CNC(c1cc2cccc(F)c2o1)c1cc(C)nn1C. The lowest BCUT2D eigenvalue weighted by atomic mass is 10.1. The van der Waals surface area contributed by atoms with Crippen LogP contribution in [0.5, 0.6) is 0 Å². The fraction of sp³-hybridized carbons (Fsp3) is 0.267. The molecule has 0 aliphatic carbocycles. The smallest absolute Gasteiger partial charge is 0.169 e. The highest BCUT2D eigenvalue weighted by atomic mass is 19.1. The van der Waals surface area contributed by atoms with Gasteiger partial charge in [0, 0.05) is 12.4 Å². The summed E-state index contributed by atoms with van der Waals surface area (Å²) >= 11 is 0. The van der Waals surface area contributed by atoms with E-state index in [2.05, 4.69) is 10.4 Å². The first kappa shape index (κ1) is 12.9. The van der Waals surface area contributed by atoms with Crippen molar-refractivity contribution >= 4 is 11.0 Å². The molecule has 1 unspecified atom stereocenters. The van der Waals surface area contributed by atoms with Gasteiger partial charge in [0.25, 0.3) is 0 Å². The molecular formula is C15H16FN3O. The molecule has 2 heterocycles.